The molecule has 2 amide bonds. The first-order valence-electron chi connectivity index (χ1n) is 8.62. The lowest BCUT2D eigenvalue weighted by Gasteiger charge is -2.23. The lowest BCUT2D eigenvalue weighted by Crippen LogP contribution is -2.49. The van der Waals surface area contributed by atoms with E-state index in [1.165, 1.54) is 11.1 Å². The van der Waals surface area contributed by atoms with E-state index in [0.29, 0.717) is 12.3 Å². The minimum Gasteiger partial charge on any atom is -0.444 e. The van der Waals surface area contributed by atoms with Crippen LogP contribution in [0.15, 0.2) is 24.3 Å². The molecule has 1 rings (SSSR count). The standard InChI is InChI=1S/C19H30N2O3S/c1-6-11-20-17(22)16(21-18(23)24-19(3,4)5)13-25-12-15-9-7-14(2)8-10-15/h7-10,16H,6,11-13H2,1-5H3,(H,20,22)(H,21,23)/t16-/m1/s1. The second-order valence-corrected chi connectivity index (χ2v) is 8.02. The minimum absolute atomic E-state index is 0.177. The van der Waals surface area contributed by atoms with Crippen LogP contribution < -0.4 is 10.6 Å². The number of ether oxygens (including phenoxy) is 1. The molecule has 1 aromatic rings. The Kier molecular flexibility index (Phi) is 8.83. The van der Waals surface area contributed by atoms with Crippen LogP contribution in [0, 0.1) is 6.92 Å². The Bertz CT molecular complexity index is 553. The molecule has 0 spiro atoms. The SMILES string of the molecule is CCCNC(=O)[C@@H](CSCc1ccc(C)cc1)NC(=O)OC(C)(C)C. The average Bonchev–Trinajstić information content (AvgIpc) is 2.51. The normalized spacial score (nSPS) is 12.4. The summed E-state index contributed by atoms with van der Waals surface area (Å²) in [6, 6.07) is 7.68. The molecule has 0 heterocycles. The van der Waals surface area contributed by atoms with Crippen molar-refractivity contribution in [3.05, 3.63) is 35.4 Å². The Labute approximate surface area is 155 Å². The summed E-state index contributed by atoms with van der Waals surface area (Å²) in [5.41, 5.74) is 1.82. The fraction of sp³-hybridized carbons (Fsp3) is 0.579. The number of alkyl carbamates (subject to hydrolysis) is 1. The number of nitrogens with one attached hydrogen (secondary N) is 2. The Hall–Kier alpha value is -1.69. The van der Waals surface area contributed by atoms with Gasteiger partial charge in [0.15, 0.2) is 0 Å². The molecule has 0 radical (unpaired) electrons. The summed E-state index contributed by atoms with van der Waals surface area (Å²) in [7, 11) is 0. The maximum Gasteiger partial charge on any atom is 0.408 e. The predicted octanol–water partition coefficient (Wildman–Crippen LogP) is 3.65. The fourth-order valence-corrected chi connectivity index (χ4v) is 3.00. The molecule has 2 N–H and O–H groups in total. The van der Waals surface area contributed by atoms with Crippen LogP contribution in [0.1, 0.15) is 45.2 Å². The van der Waals surface area contributed by atoms with Gasteiger partial charge in [-0.3, -0.25) is 4.79 Å². The molecule has 6 heteroatoms. The van der Waals surface area contributed by atoms with Gasteiger partial charge in [0.1, 0.15) is 11.6 Å². The molecule has 1 atom stereocenters. The van der Waals surface area contributed by atoms with E-state index in [0.717, 1.165) is 12.2 Å². The number of amides is 2. The molecule has 0 aliphatic rings. The zero-order valence-electron chi connectivity index (χ0n) is 15.8. The average molecular weight is 367 g/mol. The number of aryl methyl sites for hydroxylation is 1. The van der Waals surface area contributed by atoms with Crippen molar-refractivity contribution in [1.29, 1.82) is 0 Å². The summed E-state index contributed by atoms with van der Waals surface area (Å²) in [4.78, 5) is 24.3. The third-order valence-corrected chi connectivity index (χ3v) is 4.34. The first-order chi connectivity index (χ1) is 11.7. The lowest BCUT2D eigenvalue weighted by atomic mass is 10.2. The second kappa shape index (κ2) is 10.3. The summed E-state index contributed by atoms with van der Waals surface area (Å²) in [6.07, 6.45) is 0.279. The summed E-state index contributed by atoms with van der Waals surface area (Å²) < 4.78 is 5.26. The van der Waals surface area contributed by atoms with Gasteiger partial charge >= 0.3 is 6.09 Å². The fourth-order valence-electron chi connectivity index (χ4n) is 1.98. The number of carbonyl (C=O) groups is 2. The quantitative estimate of drug-likeness (QED) is 0.737. The maximum absolute atomic E-state index is 12.3. The van der Waals surface area contributed by atoms with Crippen LogP contribution in [0.5, 0.6) is 0 Å². The molecule has 5 nitrogen and oxygen atoms in total. The molecule has 0 aliphatic heterocycles. The summed E-state index contributed by atoms with van der Waals surface area (Å²) in [6.45, 7) is 10.0. The number of carbonyl (C=O) groups excluding carboxylic acids is 2. The molecular formula is C19H30N2O3S. The number of hydrogen-bond acceptors (Lipinski definition) is 4. The van der Waals surface area contributed by atoms with Crippen molar-refractivity contribution >= 4 is 23.8 Å². The van der Waals surface area contributed by atoms with E-state index < -0.39 is 17.7 Å². The van der Waals surface area contributed by atoms with Crippen LogP contribution in [0.25, 0.3) is 0 Å². The Morgan fingerprint density at radius 2 is 1.84 bits per heavy atom. The summed E-state index contributed by atoms with van der Waals surface area (Å²) in [5, 5.41) is 5.52. The van der Waals surface area contributed by atoms with Gasteiger partial charge in [0, 0.05) is 18.1 Å². The van der Waals surface area contributed by atoms with Crippen molar-refractivity contribution in [2.75, 3.05) is 12.3 Å². The highest BCUT2D eigenvalue weighted by Crippen LogP contribution is 2.15. The Morgan fingerprint density at radius 3 is 2.40 bits per heavy atom. The van der Waals surface area contributed by atoms with Crippen molar-refractivity contribution in [3.63, 3.8) is 0 Å². The van der Waals surface area contributed by atoms with E-state index in [4.69, 9.17) is 4.74 Å². The largest absolute Gasteiger partial charge is 0.444 e. The van der Waals surface area contributed by atoms with Crippen molar-refractivity contribution in [2.24, 2.45) is 0 Å². The van der Waals surface area contributed by atoms with Crippen molar-refractivity contribution in [2.45, 2.75) is 58.4 Å². The molecule has 25 heavy (non-hydrogen) atoms. The second-order valence-electron chi connectivity index (χ2n) is 6.99. The van der Waals surface area contributed by atoms with Crippen molar-refractivity contribution in [1.82, 2.24) is 10.6 Å². The van der Waals surface area contributed by atoms with Crippen LogP contribution in [-0.2, 0) is 15.3 Å². The maximum atomic E-state index is 12.3. The topological polar surface area (TPSA) is 67.4 Å². The molecule has 0 aliphatic carbocycles. The van der Waals surface area contributed by atoms with Gasteiger partial charge in [0.2, 0.25) is 5.91 Å². The zero-order chi connectivity index (χ0) is 18.9. The number of thioether (sulfide) groups is 1. The van der Waals surface area contributed by atoms with E-state index in [1.54, 1.807) is 32.5 Å². The number of hydrogen-bond donors (Lipinski definition) is 2. The first kappa shape index (κ1) is 21.4. The molecule has 0 saturated carbocycles. The number of rotatable bonds is 8. The molecule has 140 valence electrons. The van der Waals surface area contributed by atoms with Crippen molar-refractivity contribution in [3.8, 4) is 0 Å². The highest BCUT2D eigenvalue weighted by molar-refractivity contribution is 7.98. The predicted molar refractivity (Wildman–Crippen MR) is 104 cm³/mol. The first-order valence-corrected chi connectivity index (χ1v) is 9.77. The highest BCUT2D eigenvalue weighted by Gasteiger charge is 2.24. The smallest absolute Gasteiger partial charge is 0.408 e. The third-order valence-electron chi connectivity index (χ3n) is 3.23. The third kappa shape index (κ3) is 9.39. The van der Waals surface area contributed by atoms with Crippen LogP contribution >= 0.6 is 11.8 Å². The molecule has 0 unspecified atom stereocenters. The van der Waals surface area contributed by atoms with Gasteiger partial charge in [-0.1, -0.05) is 36.8 Å². The van der Waals surface area contributed by atoms with Gasteiger partial charge in [-0.05, 0) is 39.7 Å². The zero-order valence-corrected chi connectivity index (χ0v) is 16.7. The monoisotopic (exact) mass is 366 g/mol. The van der Waals surface area contributed by atoms with E-state index in [-0.39, 0.29) is 5.91 Å². The number of benzene rings is 1. The van der Waals surface area contributed by atoms with E-state index in [2.05, 4.69) is 41.8 Å². The van der Waals surface area contributed by atoms with Crippen LogP contribution in [-0.4, -0.2) is 35.9 Å². The van der Waals surface area contributed by atoms with Gasteiger partial charge in [-0.15, -0.1) is 0 Å². The van der Waals surface area contributed by atoms with Crippen LogP contribution in [0.4, 0.5) is 4.79 Å². The van der Waals surface area contributed by atoms with Crippen molar-refractivity contribution < 1.29 is 14.3 Å². The van der Waals surface area contributed by atoms with Gasteiger partial charge in [0.25, 0.3) is 0 Å². The molecule has 1 aromatic carbocycles. The molecule has 0 bridgehead atoms. The molecule has 0 aromatic heterocycles. The summed E-state index contributed by atoms with van der Waals surface area (Å²) >= 11 is 1.61. The molecular weight excluding hydrogens is 336 g/mol. The highest BCUT2D eigenvalue weighted by atomic mass is 32.2. The van der Waals surface area contributed by atoms with Gasteiger partial charge in [-0.25, -0.2) is 4.79 Å². The Balaban J connectivity index is 2.59. The summed E-state index contributed by atoms with van der Waals surface area (Å²) in [5.74, 6) is 1.10. The van der Waals surface area contributed by atoms with Gasteiger partial charge in [-0.2, -0.15) is 11.8 Å². The van der Waals surface area contributed by atoms with E-state index in [1.807, 2.05) is 6.92 Å². The van der Waals surface area contributed by atoms with Gasteiger partial charge in [0.05, 0.1) is 0 Å². The van der Waals surface area contributed by atoms with Crippen LogP contribution in [0.3, 0.4) is 0 Å². The Morgan fingerprint density at radius 1 is 1.20 bits per heavy atom. The van der Waals surface area contributed by atoms with E-state index in [9.17, 15) is 9.59 Å². The van der Waals surface area contributed by atoms with Gasteiger partial charge < -0.3 is 15.4 Å². The molecule has 0 saturated heterocycles. The minimum atomic E-state index is -0.614. The molecule has 0 fully saturated rings. The van der Waals surface area contributed by atoms with Crippen LogP contribution in [0.2, 0.25) is 0 Å². The lowest BCUT2D eigenvalue weighted by molar-refractivity contribution is -0.122. The van der Waals surface area contributed by atoms with E-state index >= 15 is 0 Å².